The predicted octanol–water partition coefficient (Wildman–Crippen LogP) is 4.13. The average molecular weight is 507 g/mol. The lowest BCUT2D eigenvalue weighted by molar-refractivity contribution is -0.385. The van der Waals surface area contributed by atoms with E-state index in [1.165, 1.54) is 17.1 Å². The Kier molecular flexibility index (Phi) is 6.32. The van der Waals surface area contributed by atoms with E-state index in [-0.39, 0.29) is 11.4 Å². The summed E-state index contributed by atoms with van der Waals surface area (Å²) in [5.74, 6) is -0.757. The van der Waals surface area contributed by atoms with Gasteiger partial charge in [-0.1, -0.05) is 56.1 Å². The monoisotopic (exact) mass is 505 g/mol. The lowest BCUT2D eigenvalue weighted by atomic mass is 10.2. The Morgan fingerprint density at radius 2 is 1.96 bits per heavy atom. The number of halogens is 2. The van der Waals surface area contributed by atoms with Crippen molar-refractivity contribution in [3.63, 3.8) is 0 Å². The highest BCUT2D eigenvalue weighted by Crippen LogP contribution is 2.18. The molecule has 0 atom stereocenters. The second-order valence-corrected chi connectivity index (χ2v) is 7.53. The van der Waals surface area contributed by atoms with Crippen LogP contribution in [0.1, 0.15) is 21.6 Å². The highest BCUT2D eigenvalue weighted by atomic mass is 79.9. The van der Waals surface area contributed by atoms with Crippen molar-refractivity contribution in [1.29, 1.82) is 0 Å². The molecule has 0 saturated heterocycles. The number of nitrogens with zero attached hydrogens (tertiary/aromatic N) is 4. The number of carbonyl (C=O) groups is 1. The highest BCUT2D eigenvalue weighted by molar-refractivity contribution is 9.10. The Bertz CT molecular complexity index is 1050. The lowest BCUT2D eigenvalue weighted by Crippen LogP contribution is -2.19. The molecule has 1 aromatic heterocycles. The third-order valence-corrected chi connectivity index (χ3v) is 4.66. The molecule has 0 aliphatic heterocycles. The summed E-state index contributed by atoms with van der Waals surface area (Å²) in [5, 5.41) is 19.2. The van der Waals surface area contributed by atoms with Gasteiger partial charge in [-0.2, -0.15) is 10.2 Å². The van der Waals surface area contributed by atoms with E-state index in [1.54, 1.807) is 6.07 Å². The van der Waals surface area contributed by atoms with Gasteiger partial charge in [0.25, 0.3) is 5.91 Å². The molecule has 3 rings (SSSR count). The number of benzene rings is 2. The smallest absolute Gasteiger partial charge is 0.265 e. The summed E-state index contributed by atoms with van der Waals surface area (Å²) in [6.45, 7) is 0.294. The van der Waals surface area contributed by atoms with Crippen LogP contribution in [0.2, 0.25) is 0 Å². The zero-order valence-electron chi connectivity index (χ0n) is 14.3. The van der Waals surface area contributed by atoms with Crippen LogP contribution in [0.25, 0.3) is 0 Å². The second kappa shape index (κ2) is 8.89. The SMILES string of the molecule is O=C(N/N=C\c1cccc(Br)c1)c1nn(Cc2ccc(Br)cc2)cc1[N+](=O)[O-]. The molecule has 1 amide bonds. The molecule has 1 N–H and O–H groups in total. The maximum Gasteiger partial charge on any atom is 0.320 e. The molecule has 10 heteroatoms. The van der Waals surface area contributed by atoms with Crippen LogP contribution in [0, 0.1) is 10.1 Å². The van der Waals surface area contributed by atoms with Crippen molar-refractivity contribution < 1.29 is 9.72 Å². The van der Waals surface area contributed by atoms with Gasteiger partial charge >= 0.3 is 5.69 Å². The topological polar surface area (TPSA) is 102 Å². The minimum Gasteiger partial charge on any atom is -0.265 e. The van der Waals surface area contributed by atoms with Gasteiger partial charge in [0.05, 0.1) is 17.7 Å². The van der Waals surface area contributed by atoms with E-state index >= 15 is 0 Å². The fourth-order valence-corrected chi connectivity index (χ4v) is 3.05. The van der Waals surface area contributed by atoms with Gasteiger partial charge in [-0.05, 0) is 35.4 Å². The maximum atomic E-state index is 12.3. The van der Waals surface area contributed by atoms with Crippen molar-refractivity contribution >= 4 is 49.7 Å². The van der Waals surface area contributed by atoms with Gasteiger partial charge in [-0.15, -0.1) is 0 Å². The molecule has 0 radical (unpaired) electrons. The number of carbonyl (C=O) groups excluding carboxylic acids is 1. The fourth-order valence-electron chi connectivity index (χ4n) is 2.37. The molecule has 0 fully saturated rings. The Morgan fingerprint density at radius 1 is 1.21 bits per heavy atom. The number of rotatable bonds is 6. The fraction of sp³-hybridized carbons (Fsp3) is 0.0556. The molecule has 0 bridgehead atoms. The number of hydrogen-bond acceptors (Lipinski definition) is 5. The van der Waals surface area contributed by atoms with Crippen LogP contribution < -0.4 is 5.43 Å². The highest BCUT2D eigenvalue weighted by Gasteiger charge is 2.25. The summed E-state index contributed by atoms with van der Waals surface area (Å²) < 4.78 is 3.14. The average Bonchev–Trinajstić information content (AvgIpc) is 3.08. The first-order valence-corrected chi connectivity index (χ1v) is 9.56. The van der Waals surface area contributed by atoms with Gasteiger partial charge in [0, 0.05) is 8.95 Å². The minimum atomic E-state index is -0.757. The maximum absolute atomic E-state index is 12.3. The van der Waals surface area contributed by atoms with Gasteiger partial charge in [-0.25, -0.2) is 5.43 Å². The van der Waals surface area contributed by atoms with Crippen LogP contribution >= 0.6 is 31.9 Å². The van der Waals surface area contributed by atoms with E-state index in [2.05, 4.69) is 47.5 Å². The molecule has 3 aromatic rings. The molecule has 142 valence electrons. The molecular weight excluding hydrogens is 494 g/mol. The summed E-state index contributed by atoms with van der Waals surface area (Å²) in [7, 11) is 0. The molecule has 0 spiro atoms. The van der Waals surface area contributed by atoms with Gasteiger partial charge in [0.2, 0.25) is 5.69 Å². The second-order valence-electron chi connectivity index (χ2n) is 5.70. The third kappa shape index (κ3) is 5.11. The third-order valence-electron chi connectivity index (χ3n) is 3.64. The first-order chi connectivity index (χ1) is 13.4. The van der Waals surface area contributed by atoms with E-state index in [0.717, 1.165) is 20.1 Å². The van der Waals surface area contributed by atoms with E-state index < -0.39 is 10.8 Å². The van der Waals surface area contributed by atoms with E-state index in [0.29, 0.717) is 6.54 Å². The number of aromatic nitrogens is 2. The summed E-state index contributed by atoms with van der Waals surface area (Å²) >= 11 is 6.69. The number of nitro groups is 1. The summed E-state index contributed by atoms with van der Waals surface area (Å²) in [6, 6.07) is 14.7. The number of hydrazone groups is 1. The van der Waals surface area contributed by atoms with Crippen LogP contribution in [0.15, 0.2) is 68.8 Å². The number of hydrogen-bond donors (Lipinski definition) is 1. The molecule has 8 nitrogen and oxygen atoms in total. The molecular formula is C18H13Br2N5O3. The van der Waals surface area contributed by atoms with Crippen LogP contribution in [0.3, 0.4) is 0 Å². The van der Waals surface area contributed by atoms with E-state index in [1.807, 2.05) is 42.5 Å². The van der Waals surface area contributed by atoms with Gasteiger partial charge in [0.1, 0.15) is 6.20 Å². The summed E-state index contributed by atoms with van der Waals surface area (Å²) in [6.07, 6.45) is 2.67. The van der Waals surface area contributed by atoms with Crippen molar-refractivity contribution in [1.82, 2.24) is 15.2 Å². The molecule has 0 saturated carbocycles. The first kappa shape index (κ1) is 19.9. The Morgan fingerprint density at radius 3 is 2.64 bits per heavy atom. The minimum absolute atomic E-state index is 0.294. The van der Waals surface area contributed by atoms with Crippen molar-refractivity contribution in [3.8, 4) is 0 Å². The molecule has 0 aliphatic rings. The van der Waals surface area contributed by atoms with Crippen LogP contribution in [-0.2, 0) is 6.54 Å². The Balaban J connectivity index is 1.76. The summed E-state index contributed by atoms with van der Waals surface area (Å²) in [5.41, 5.74) is 3.24. The van der Waals surface area contributed by atoms with Crippen molar-refractivity contribution in [2.75, 3.05) is 0 Å². The molecule has 2 aromatic carbocycles. The summed E-state index contributed by atoms with van der Waals surface area (Å²) in [4.78, 5) is 23.0. The zero-order chi connectivity index (χ0) is 20.1. The Labute approximate surface area is 176 Å². The van der Waals surface area contributed by atoms with Crippen LogP contribution in [0.4, 0.5) is 5.69 Å². The van der Waals surface area contributed by atoms with Crippen LogP contribution in [-0.4, -0.2) is 26.8 Å². The van der Waals surface area contributed by atoms with E-state index in [9.17, 15) is 14.9 Å². The number of amides is 1. The first-order valence-electron chi connectivity index (χ1n) is 7.97. The Hall–Kier alpha value is -2.85. The quantitative estimate of drug-likeness (QED) is 0.308. The molecule has 0 unspecified atom stereocenters. The van der Waals surface area contributed by atoms with E-state index in [4.69, 9.17) is 0 Å². The molecule has 1 heterocycles. The lowest BCUT2D eigenvalue weighted by Gasteiger charge is -2.01. The number of nitrogens with one attached hydrogen (secondary N) is 1. The zero-order valence-corrected chi connectivity index (χ0v) is 17.4. The van der Waals surface area contributed by atoms with Crippen molar-refractivity contribution in [2.45, 2.75) is 6.54 Å². The normalized spacial score (nSPS) is 10.9. The van der Waals surface area contributed by atoms with Crippen molar-refractivity contribution in [3.05, 3.63) is 90.6 Å². The standard InChI is InChI=1S/C18H13Br2N5O3/c19-14-6-4-12(5-7-14)10-24-11-16(25(27)28)17(23-24)18(26)22-21-9-13-2-1-3-15(20)8-13/h1-9,11H,10H2,(H,22,26)/b21-9-. The largest absolute Gasteiger partial charge is 0.320 e. The molecule has 28 heavy (non-hydrogen) atoms. The molecule has 0 aliphatic carbocycles. The van der Waals surface area contributed by atoms with Crippen molar-refractivity contribution in [2.24, 2.45) is 5.10 Å². The van der Waals surface area contributed by atoms with Gasteiger partial charge in [0.15, 0.2) is 0 Å². The van der Waals surface area contributed by atoms with Gasteiger partial charge in [-0.3, -0.25) is 19.6 Å². The predicted molar refractivity (Wildman–Crippen MR) is 111 cm³/mol. The van der Waals surface area contributed by atoms with Crippen LogP contribution in [0.5, 0.6) is 0 Å². The van der Waals surface area contributed by atoms with Gasteiger partial charge < -0.3 is 0 Å².